The fourth-order valence-corrected chi connectivity index (χ4v) is 2.58. The molecule has 0 aliphatic rings. The first-order valence-corrected chi connectivity index (χ1v) is 7.29. The van der Waals surface area contributed by atoms with Gasteiger partial charge in [0.1, 0.15) is 17.1 Å². The van der Waals surface area contributed by atoms with Crippen molar-refractivity contribution in [1.82, 2.24) is 9.38 Å². The summed E-state index contributed by atoms with van der Waals surface area (Å²) in [4.78, 5) is 4.67. The van der Waals surface area contributed by atoms with E-state index in [-0.39, 0.29) is 0 Å². The number of aryl methyl sites for hydroxylation is 1. The Morgan fingerprint density at radius 3 is 2.62 bits per heavy atom. The van der Waals surface area contributed by atoms with E-state index < -0.39 is 0 Å². The van der Waals surface area contributed by atoms with Gasteiger partial charge in [-0.15, -0.1) is 0 Å². The summed E-state index contributed by atoms with van der Waals surface area (Å²) in [5.74, 6) is 1.51. The maximum atomic E-state index is 5.45. The molecule has 0 aliphatic carbocycles. The van der Waals surface area contributed by atoms with E-state index in [9.17, 15) is 0 Å². The number of aromatic nitrogens is 2. The van der Waals surface area contributed by atoms with Crippen LogP contribution >= 0.6 is 15.9 Å². The summed E-state index contributed by atoms with van der Waals surface area (Å²) in [5, 5.41) is 0. The number of hydrogen-bond acceptors (Lipinski definition) is 3. The topological polar surface area (TPSA) is 35.8 Å². The van der Waals surface area contributed by atoms with Crippen LogP contribution in [-0.4, -0.2) is 23.6 Å². The van der Waals surface area contributed by atoms with Gasteiger partial charge < -0.3 is 13.9 Å². The third kappa shape index (κ3) is 2.49. The van der Waals surface area contributed by atoms with Crippen molar-refractivity contribution in [3.05, 3.63) is 46.7 Å². The van der Waals surface area contributed by atoms with Crippen LogP contribution in [0.2, 0.25) is 0 Å². The molecule has 2 heterocycles. The van der Waals surface area contributed by atoms with E-state index in [1.807, 2.05) is 48.0 Å². The Hall–Kier alpha value is -2.01. The molecule has 0 radical (unpaired) electrons. The zero-order chi connectivity index (χ0) is 15.0. The van der Waals surface area contributed by atoms with Gasteiger partial charge in [-0.3, -0.25) is 0 Å². The van der Waals surface area contributed by atoms with Gasteiger partial charge in [-0.1, -0.05) is 0 Å². The molecule has 0 spiro atoms. The van der Waals surface area contributed by atoms with E-state index in [1.165, 1.54) is 0 Å². The molecule has 0 unspecified atom stereocenters. The molecular formula is C16H15BrN2O2. The summed E-state index contributed by atoms with van der Waals surface area (Å²) >= 11 is 3.54. The Balaban J connectivity index is 2.16. The number of nitrogens with zero attached hydrogens (tertiary/aromatic N) is 2. The largest absolute Gasteiger partial charge is 0.497 e. The summed E-state index contributed by atoms with van der Waals surface area (Å²) in [6.45, 7) is 2.05. The Kier molecular flexibility index (Phi) is 3.59. The molecule has 0 fully saturated rings. The quantitative estimate of drug-likeness (QED) is 0.716. The van der Waals surface area contributed by atoms with Gasteiger partial charge in [0.05, 0.1) is 19.9 Å². The summed E-state index contributed by atoms with van der Waals surface area (Å²) in [5.41, 5.74) is 3.87. The lowest BCUT2D eigenvalue weighted by atomic mass is 10.1. The molecule has 0 aliphatic heterocycles. The first-order valence-electron chi connectivity index (χ1n) is 6.49. The van der Waals surface area contributed by atoms with E-state index in [0.717, 1.165) is 38.4 Å². The number of imidazole rings is 1. The predicted octanol–water partition coefficient (Wildman–Crippen LogP) is 4.09. The van der Waals surface area contributed by atoms with Crippen molar-refractivity contribution in [3.63, 3.8) is 0 Å². The lowest BCUT2D eigenvalue weighted by Crippen LogP contribution is -1.90. The molecule has 4 nitrogen and oxygen atoms in total. The minimum Gasteiger partial charge on any atom is -0.497 e. The smallest absolute Gasteiger partial charge is 0.137 e. The number of benzene rings is 1. The van der Waals surface area contributed by atoms with Gasteiger partial charge in [-0.2, -0.15) is 0 Å². The van der Waals surface area contributed by atoms with Crippen molar-refractivity contribution in [2.75, 3.05) is 14.2 Å². The lowest BCUT2D eigenvalue weighted by Gasteiger charge is -2.08. The number of methoxy groups -OCH3 is 2. The SMILES string of the molecule is COc1ccc(-c2cn3cc(Br)c(C)cc3n2)c(OC)c1. The van der Waals surface area contributed by atoms with Gasteiger partial charge in [0.15, 0.2) is 0 Å². The second kappa shape index (κ2) is 5.41. The second-order valence-corrected chi connectivity index (χ2v) is 5.62. The van der Waals surface area contributed by atoms with Gasteiger partial charge in [-0.25, -0.2) is 4.98 Å². The maximum absolute atomic E-state index is 5.45. The first-order chi connectivity index (χ1) is 10.1. The van der Waals surface area contributed by atoms with Gasteiger partial charge in [0.2, 0.25) is 0 Å². The molecule has 108 valence electrons. The molecular weight excluding hydrogens is 332 g/mol. The Labute approximate surface area is 131 Å². The van der Waals surface area contributed by atoms with Crippen LogP contribution in [0.15, 0.2) is 41.1 Å². The van der Waals surface area contributed by atoms with Crippen molar-refractivity contribution in [2.24, 2.45) is 0 Å². The highest BCUT2D eigenvalue weighted by molar-refractivity contribution is 9.10. The molecule has 0 bridgehead atoms. The highest BCUT2D eigenvalue weighted by atomic mass is 79.9. The van der Waals surface area contributed by atoms with Crippen LogP contribution in [0.3, 0.4) is 0 Å². The average Bonchev–Trinajstić information content (AvgIpc) is 2.89. The van der Waals surface area contributed by atoms with E-state index in [4.69, 9.17) is 9.47 Å². The summed E-state index contributed by atoms with van der Waals surface area (Å²) < 4.78 is 13.7. The Bertz CT molecular complexity index is 772. The maximum Gasteiger partial charge on any atom is 0.137 e. The number of halogens is 1. The number of rotatable bonds is 3. The second-order valence-electron chi connectivity index (χ2n) is 4.76. The standard InChI is InChI=1S/C16H15BrN2O2/c1-10-6-16-18-14(9-19(16)8-13(10)17)12-5-4-11(20-2)7-15(12)21-3/h4-9H,1-3H3. The molecule has 3 rings (SSSR count). The minimum atomic E-state index is 0.744. The van der Waals surface area contributed by atoms with Gasteiger partial charge in [0.25, 0.3) is 0 Å². The highest BCUT2D eigenvalue weighted by Gasteiger charge is 2.12. The van der Waals surface area contributed by atoms with E-state index in [1.54, 1.807) is 14.2 Å². The van der Waals surface area contributed by atoms with Crippen LogP contribution in [0.4, 0.5) is 0 Å². The zero-order valence-corrected chi connectivity index (χ0v) is 13.6. The average molecular weight is 347 g/mol. The molecule has 1 aromatic carbocycles. The lowest BCUT2D eigenvalue weighted by molar-refractivity contribution is 0.395. The third-order valence-electron chi connectivity index (χ3n) is 3.42. The van der Waals surface area contributed by atoms with E-state index >= 15 is 0 Å². The first kappa shape index (κ1) is 13.9. The molecule has 0 amide bonds. The van der Waals surface area contributed by atoms with Crippen LogP contribution in [0.25, 0.3) is 16.9 Å². The van der Waals surface area contributed by atoms with Crippen LogP contribution in [0.5, 0.6) is 11.5 Å². The molecule has 21 heavy (non-hydrogen) atoms. The van der Waals surface area contributed by atoms with Crippen LogP contribution < -0.4 is 9.47 Å². The number of fused-ring (bicyclic) bond motifs is 1. The summed E-state index contributed by atoms with van der Waals surface area (Å²) in [7, 11) is 3.29. The monoisotopic (exact) mass is 346 g/mol. The van der Waals surface area contributed by atoms with E-state index in [2.05, 4.69) is 20.9 Å². The Morgan fingerprint density at radius 1 is 1.10 bits per heavy atom. The molecule has 3 aromatic rings. The minimum absolute atomic E-state index is 0.744. The molecule has 0 saturated carbocycles. The van der Waals surface area contributed by atoms with Crippen LogP contribution in [0.1, 0.15) is 5.56 Å². The normalized spacial score (nSPS) is 10.9. The highest BCUT2D eigenvalue weighted by Crippen LogP contribution is 2.33. The Morgan fingerprint density at radius 2 is 1.90 bits per heavy atom. The molecule has 2 aromatic heterocycles. The third-order valence-corrected chi connectivity index (χ3v) is 4.25. The fourth-order valence-electron chi connectivity index (χ4n) is 2.24. The number of hydrogen-bond donors (Lipinski definition) is 0. The number of pyridine rings is 1. The predicted molar refractivity (Wildman–Crippen MR) is 86.2 cm³/mol. The zero-order valence-electron chi connectivity index (χ0n) is 12.1. The summed E-state index contributed by atoms with van der Waals surface area (Å²) in [6, 6.07) is 7.77. The van der Waals surface area contributed by atoms with Crippen molar-refractivity contribution >= 4 is 21.6 Å². The van der Waals surface area contributed by atoms with Crippen molar-refractivity contribution in [1.29, 1.82) is 0 Å². The van der Waals surface area contributed by atoms with Crippen LogP contribution in [-0.2, 0) is 0 Å². The fraction of sp³-hybridized carbons (Fsp3) is 0.188. The van der Waals surface area contributed by atoms with Crippen molar-refractivity contribution < 1.29 is 9.47 Å². The van der Waals surface area contributed by atoms with Crippen molar-refractivity contribution in [3.8, 4) is 22.8 Å². The molecule has 0 saturated heterocycles. The molecule has 0 atom stereocenters. The van der Waals surface area contributed by atoms with Crippen molar-refractivity contribution in [2.45, 2.75) is 6.92 Å². The van der Waals surface area contributed by atoms with Crippen LogP contribution in [0, 0.1) is 6.92 Å². The summed E-state index contributed by atoms with van der Waals surface area (Å²) in [6.07, 6.45) is 4.00. The van der Waals surface area contributed by atoms with Gasteiger partial charge in [0, 0.05) is 28.5 Å². The molecule has 0 N–H and O–H groups in total. The number of ether oxygens (including phenoxy) is 2. The van der Waals surface area contributed by atoms with Gasteiger partial charge >= 0.3 is 0 Å². The molecule has 5 heteroatoms. The van der Waals surface area contributed by atoms with Gasteiger partial charge in [-0.05, 0) is 46.6 Å². The van der Waals surface area contributed by atoms with E-state index in [0.29, 0.717) is 0 Å².